The molecule has 0 saturated carbocycles. The molecule has 0 aliphatic carbocycles. The van der Waals surface area contributed by atoms with Gasteiger partial charge in [-0.1, -0.05) is 0 Å². The summed E-state index contributed by atoms with van der Waals surface area (Å²) in [7, 11) is 0. The van der Waals surface area contributed by atoms with Gasteiger partial charge in [-0.25, -0.2) is 19.9 Å². The molecule has 3 aromatic heterocycles. The number of nitrogens with two attached hydrogens (primary N) is 1. The number of nitrogen functional groups attached to an aromatic ring is 1. The molecule has 0 spiro atoms. The van der Waals surface area contributed by atoms with Gasteiger partial charge in [-0.3, -0.25) is 9.69 Å². The Hall–Kier alpha value is -2.93. The number of anilines is 2. The van der Waals surface area contributed by atoms with Crippen LogP contribution in [0.4, 0.5) is 11.9 Å². The summed E-state index contributed by atoms with van der Waals surface area (Å²) >= 11 is 1.70. The van der Waals surface area contributed by atoms with Gasteiger partial charge < -0.3 is 25.4 Å². The van der Waals surface area contributed by atoms with E-state index in [2.05, 4.69) is 30.8 Å². The van der Waals surface area contributed by atoms with E-state index < -0.39 is 6.61 Å². The molecular formula is C21H26N8O3S. The third-order valence-corrected chi connectivity index (χ3v) is 7.01. The molecular weight excluding hydrogens is 444 g/mol. The molecule has 3 aromatic rings. The van der Waals surface area contributed by atoms with Gasteiger partial charge in [-0.2, -0.15) is 0 Å². The summed E-state index contributed by atoms with van der Waals surface area (Å²) in [6, 6.07) is 2.13. The third kappa shape index (κ3) is 4.88. The summed E-state index contributed by atoms with van der Waals surface area (Å²) in [5.74, 6) is 0.732. The minimum absolute atomic E-state index is 0.159. The molecule has 0 aromatic carbocycles. The molecule has 1 atom stereocenters. The number of nitrogens with zero attached hydrogens (tertiary/aromatic N) is 7. The van der Waals surface area contributed by atoms with Crippen LogP contribution in [0.1, 0.15) is 16.5 Å². The summed E-state index contributed by atoms with van der Waals surface area (Å²) in [6.07, 6.45) is 5.13. The maximum absolute atomic E-state index is 11.6. The highest BCUT2D eigenvalue weighted by molar-refractivity contribution is 7.18. The van der Waals surface area contributed by atoms with Crippen molar-refractivity contribution < 1.29 is 14.6 Å². The average molecular weight is 471 g/mol. The number of amides is 1. The number of piperazine rings is 1. The van der Waals surface area contributed by atoms with Crippen LogP contribution in [0.15, 0.2) is 24.7 Å². The number of rotatable bonds is 5. The Bertz CT molecular complexity index is 1120. The van der Waals surface area contributed by atoms with Gasteiger partial charge in [-0.15, -0.1) is 11.3 Å². The van der Waals surface area contributed by atoms with Crippen molar-refractivity contribution in [3.05, 3.63) is 35.1 Å². The molecule has 5 heterocycles. The summed E-state index contributed by atoms with van der Waals surface area (Å²) in [4.78, 5) is 36.6. The van der Waals surface area contributed by atoms with Gasteiger partial charge in [-0.05, 0) is 6.07 Å². The van der Waals surface area contributed by atoms with Crippen molar-refractivity contribution in [3.63, 3.8) is 0 Å². The Morgan fingerprint density at radius 2 is 1.94 bits per heavy atom. The molecule has 1 unspecified atom stereocenters. The van der Waals surface area contributed by atoms with Crippen LogP contribution in [0.3, 0.4) is 0 Å². The van der Waals surface area contributed by atoms with Crippen molar-refractivity contribution in [1.82, 2.24) is 29.7 Å². The number of hydrogen-bond donors (Lipinski definition) is 2. The van der Waals surface area contributed by atoms with Crippen molar-refractivity contribution in [1.29, 1.82) is 0 Å². The minimum atomic E-state index is -0.422. The molecule has 5 rings (SSSR count). The maximum atomic E-state index is 11.6. The lowest BCUT2D eigenvalue weighted by Gasteiger charge is -2.34. The van der Waals surface area contributed by atoms with Crippen LogP contribution in [0.25, 0.3) is 10.2 Å². The summed E-state index contributed by atoms with van der Waals surface area (Å²) in [6.45, 7) is 5.16. The van der Waals surface area contributed by atoms with Gasteiger partial charge in [0.05, 0.1) is 29.6 Å². The normalized spacial score (nSPS) is 19.8. The van der Waals surface area contributed by atoms with Gasteiger partial charge in [0, 0.05) is 62.1 Å². The Morgan fingerprint density at radius 1 is 1.15 bits per heavy atom. The number of ether oxygens (including phenoxy) is 1. The average Bonchev–Trinajstić information content (AvgIpc) is 3.26. The van der Waals surface area contributed by atoms with Crippen molar-refractivity contribution in [2.24, 2.45) is 0 Å². The lowest BCUT2D eigenvalue weighted by molar-refractivity contribution is -0.135. The Labute approximate surface area is 194 Å². The first-order chi connectivity index (χ1) is 16.1. The van der Waals surface area contributed by atoms with Gasteiger partial charge in [0.25, 0.3) is 0 Å². The quantitative estimate of drug-likeness (QED) is 0.535. The first kappa shape index (κ1) is 21.9. The highest BCUT2D eigenvalue weighted by Gasteiger charge is 2.25. The highest BCUT2D eigenvalue weighted by atomic mass is 32.1. The molecule has 2 aliphatic rings. The predicted octanol–water partition coefficient (Wildman–Crippen LogP) is 0.278. The fraction of sp³-hybridized carbons (Fsp3) is 0.476. The fourth-order valence-corrected chi connectivity index (χ4v) is 5.15. The zero-order chi connectivity index (χ0) is 22.8. The molecule has 174 valence electrons. The SMILES string of the molecule is Nc1ncc(C2CN(c3ncc4sc(CN5CCN(C(=O)CO)CC5)cc4n3)CCO2)cn1. The number of aromatic nitrogens is 4. The van der Waals surface area contributed by atoms with E-state index in [4.69, 9.17) is 20.6 Å². The van der Waals surface area contributed by atoms with E-state index in [1.54, 1.807) is 28.6 Å². The molecule has 0 radical (unpaired) electrons. The summed E-state index contributed by atoms with van der Waals surface area (Å²) < 4.78 is 6.96. The molecule has 0 bridgehead atoms. The van der Waals surface area contributed by atoms with Crippen LogP contribution in [0, 0.1) is 0 Å². The molecule has 2 saturated heterocycles. The predicted molar refractivity (Wildman–Crippen MR) is 124 cm³/mol. The minimum Gasteiger partial charge on any atom is -0.387 e. The zero-order valence-corrected chi connectivity index (χ0v) is 18.9. The van der Waals surface area contributed by atoms with Crippen LogP contribution in [-0.4, -0.2) is 93.2 Å². The molecule has 2 aliphatic heterocycles. The Balaban J connectivity index is 1.25. The number of carbonyl (C=O) groups is 1. The third-order valence-electron chi connectivity index (χ3n) is 5.96. The monoisotopic (exact) mass is 470 g/mol. The lowest BCUT2D eigenvalue weighted by Crippen LogP contribution is -2.49. The van der Waals surface area contributed by atoms with E-state index >= 15 is 0 Å². The van der Waals surface area contributed by atoms with E-state index in [9.17, 15) is 4.79 Å². The van der Waals surface area contributed by atoms with E-state index in [1.807, 2.05) is 6.20 Å². The zero-order valence-electron chi connectivity index (χ0n) is 18.1. The first-order valence-electron chi connectivity index (χ1n) is 10.9. The van der Waals surface area contributed by atoms with E-state index in [0.29, 0.717) is 38.7 Å². The number of fused-ring (bicyclic) bond motifs is 1. The van der Waals surface area contributed by atoms with Gasteiger partial charge in [0.2, 0.25) is 17.8 Å². The highest BCUT2D eigenvalue weighted by Crippen LogP contribution is 2.28. The maximum Gasteiger partial charge on any atom is 0.248 e. The number of morpholine rings is 1. The number of aliphatic hydroxyl groups is 1. The second-order valence-corrected chi connectivity index (χ2v) is 9.30. The molecule has 12 heteroatoms. The second kappa shape index (κ2) is 9.51. The van der Waals surface area contributed by atoms with Crippen LogP contribution >= 0.6 is 11.3 Å². The molecule has 11 nitrogen and oxygen atoms in total. The number of hydrogen-bond acceptors (Lipinski definition) is 11. The van der Waals surface area contributed by atoms with Crippen molar-refractivity contribution in [2.75, 3.05) is 63.1 Å². The smallest absolute Gasteiger partial charge is 0.248 e. The standard InChI is InChI=1S/C21H26N8O3S/c22-20-23-8-14(9-24-20)17-12-29(5-6-32-17)21-25-10-18-16(26-21)7-15(33-18)11-27-1-3-28(4-2-27)19(31)13-30/h7-10,17,30H,1-6,11-13H2,(H2,22,23,24). The molecule has 2 fully saturated rings. The second-order valence-electron chi connectivity index (χ2n) is 8.13. The van der Waals surface area contributed by atoms with Crippen molar-refractivity contribution in [3.8, 4) is 0 Å². The molecule has 1 amide bonds. The first-order valence-corrected chi connectivity index (χ1v) is 11.7. The Kier molecular flexibility index (Phi) is 6.31. The van der Waals surface area contributed by atoms with Crippen LogP contribution in [0.2, 0.25) is 0 Å². The van der Waals surface area contributed by atoms with Gasteiger partial charge in [0.15, 0.2) is 0 Å². The number of aliphatic hydroxyl groups excluding tert-OH is 1. The van der Waals surface area contributed by atoms with Crippen molar-refractivity contribution >= 4 is 39.4 Å². The van der Waals surface area contributed by atoms with Gasteiger partial charge >= 0.3 is 0 Å². The Morgan fingerprint density at radius 3 is 2.70 bits per heavy atom. The summed E-state index contributed by atoms with van der Waals surface area (Å²) in [5, 5.41) is 9.03. The molecule has 33 heavy (non-hydrogen) atoms. The fourth-order valence-electron chi connectivity index (χ4n) is 4.13. The van der Waals surface area contributed by atoms with Crippen LogP contribution in [-0.2, 0) is 16.1 Å². The van der Waals surface area contributed by atoms with Gasteiger partial charge in [0.1, 0.15) is 12.7 Å². The number of thiophene rings is 1. The summed E-state index contributed by atoms with van der Waals surface area (Å²) in [5.41, 5.74) is 7.41. The van der Waals surface area contributed by atoms with Crippen LogP contribution < -0.4 is 10.6 Å². The van der Waals surface area contributed by atoms with E-state index in [1.165, 1.54) is 4.88 Å². The van der Waals surface area contributed by atoms with Crippen LogP contribution in [0.5, 0.6) is 0 Å². The van der Waals surface area contributed by atoms with E-state index in [-0.39, 0.29) is 18.0 Å². The van der Waals surface area contributed by atoms with E-state index in [0.717, 1.165) is 35.4 Å². The topological polar surface area (TPSA) is 134 Å². The number of carbonyl (C=O) groups excluding carboxylic acids is 1. The largest absolute Gasteiger partial charge is 0.387 e. The van der Waals surface area contributed by atoms with Crippen molar-refractivity contribution in [2.45, 2.75) is 12.6 Å². The molecule has 3 N–H and O–H groups in total. The lowest BCUT2D eigenvalue weighted by atomic mass is 10.1.